The number of carbonyl (C=O) groups is 2. The first-order valence-electron chi connectivity index (χ1n) is 10.3. The fourth-order valence-electron chi connectivity index (χ4n) is 3.35. The van der Waals surface area contributed by atoms with Crippen LogP contribution in [-0.4, -0.2) is 50.5 Å². The first-order valence-corrected chi connectivity index (χ1v) is 13.7. The van der Waals surface area contributed by atoms with E-state index in [1.807, 2.05) is 0 Å². The van der Waals surface area contributed by atoms with Crippen LogP contribution in [0.3, 0.4) is 0 Å². The minimum Gasteiger partial charge on any atom is -0.355 e. The first kappa shape index (κ1) is 28.5. The number of hydrogen-bond donors (Lipinski definition) is 1. The number of amides is 2. The highest BCUT2D eigenvalue weighted by Gasteiger charge is 2.33. The smallest absolute Gasteiger partial charge is 0.244 e. The third kappa shape index (κ3) is 6.92. The van der Waals surface area contributed by atoms with Crippen molar-refractivity contribution in [1.82, 2.24) is 10.2 Å². The van der Waals surface area contributed by atoms with Gasteiger partial charge in [-0.25, -0.2) is 8.42 Å². The number of hydrogen-bond acceptors (Lipinski definition) is 4. The van der Waals surface area contributed by atoms with Gasteiger partial charge in [-0.15, -0.1) is 0 Å². The molecule has 0 unspecified atom stereocenters. The Balaban J connectivity index is 2.54. The number of sulfonamides is 1. The molecule has 0 spiro atoms. The fraction of sp³-hybridized carbons (Fsp3) is 0.364. The highest BCUT2D eigenvalue weighted by molar-refractivity contribution is 7.92. The Morgan fingerprint density at radius 1 is 0.971 bits per heavy atom. The standard InChI is InChI=1S/C22H25Cl4N3O4S/c1-4-18(22(31)27-5-2)28(12-14-15(23)8-6-9-16(14)24)20(30)13-29(34(3,32)33)19-11-7-10-17(25)21(19)26/h6-11,18H,4-5,12-13H2,1-3H3,(H,27,31)/t18-/m0/s1. The van der Waals surface area contributed by atoms with Crippen LogP contribution in [0.5, 0.6) is 0 Å². The predicted octanol–water partition coefficient (Wildman–Crippen LogP) is 5.01. The molecule has 0 radical (unpaired) electrons. The van der Waals surface area contributed by atoms with Crippen molar-refractivity contribution in [3.05, 3.63) is 62.1 Å². The summed E-state index contributed by atoms with van der Waals surface area (Å²) in [7, 11) is -3.95. The van der Waals surface area contributed by atoms with E-state index in [1.54, 1.807) is 32.0 Å². The van der Waals surface area contributed by atoms with Crippen molar-refractivity contribution < 1.29 is 18.0 Å². The minimum atomic E-state index is -3.95. The van der Waals surface area contributed by atoms with Gasteiger partial charge in [-0.2, -0.15) is 0 Å². The lowest BCUT2D eigenvalue weighted by molar-refractivity contribution is -0.140. The molecule has 0 aliphatic heterocycles. The van der Waals surface area contributed by atoms with Crippen molar-refractivity contribution in [3.63, 3.8) is 0 Å². The maximum Gasteiger partial charge on any atom is 0.244 e. The lowest BCUT2D eigenvalue weighted by Crippen LogP contribution is -2.52. The Kier molecular flexibility index (Phi) is 10.3. The van der Waals surface area contributed by atoms with Crippen molar-refractivity contribution in [2.24, 2.45) is 0 Å². The minimum absolute atomic E-state index is 0.0149. The maximum absolute atomic E-state index is 13.6. The largest absolute Gasteiger partial charge is 0.355 e. The lowest BCUT2D eigenvalue weighted by Gasteiger charge is -2.33. The van der Waals surface area contributed by atoms with E-state index in [0.29, 0.717) is 22.2 Å². The lowest BCUT2D eigenvalue weighted by atomic mass is 10.1. The van der Waals surface area contributed by atoms with Gasteiger partial charge < -0.3 is 10.2 Å². The zero-order chi connectivity index (χ0) is 25.6. The number of rotatable bonds is 10. The molecule has 1 atom stereocenters. The molecule has 0 saturated heterocycles. The van der Waals surface area contributed by atoms with Gasteiger partial charge in [0.1, 0.15) is 12.6 Å². The molecule has 1 N–H and O–H groups in total. The molecule has 7 nitrogen and oxygen atoms in total. The summed E-state index contributed by atoms with van der Waals surface area (Å²) in [6.07, 6.45) is 1.23. The second-order valence-corrected chi connectivity index (χ2v) is 10.9. The van der Waals surface area contributed by atoms with Crippen LogP contribution in [0.25, 0.3) is 0 Å². The average molecular weight is 569 g/mol. The molecular weight excluding hydrogens is 544 g/mol. The van der Waals surface area contributed by atoms with Crippen molar-refractivity contribution in [2.75, 3.05) is 23.7 Å². The topological polar surface area (TPSA) is 86.8 Å². The molecule has 0 aliphatic rings. The van der Waals surface area contributed by atoms with E-state index < -0.39 is 28.5 Å². The number of halogens is 4. The summed E-state index contributed by atoms with van der Waals surface area (Å²) < 4.78 is 26.1. The first-order chi connectivity index (χ1) is 15.9. The molecule has 0 aromatic heterocycles. The van der Waals surface area contributed by atoms with Crippen LogP contribution in [0.1, 0.15) is 25.8 Å². The molecule has 0 saturated carbocycles. The molecule has 0 aliphatic carbocycles. The predicted molar refractivity (Wildman–Crippen MR) is 138 cm³/mol. The summed E-state index contributed by atoms with van der Waals surface area (Å²) in [6.45, 7) is 3.15. The van der Waals surface area contributed by atoms with Crippen molar-refractivity contribution in [3.8, 4) is 0 Å². The molecule has 2 amide bonds. The number of nitrogens with one attached hydrogen (secondary N) is 1. The average Bonchev–Trinajstić information content (AvgIpc) is 2.75. The summed E-state index contributed by atoms with van der Waals surface area (Å²) in [4.78, 5) is 27.6. The summed E-state index contributed by atoms with van der Waals surface area (Å²) in [6, 6.07) is 8.48. The molecule has 2 aromatic rings. The van der Waals surface area contributed by atoms with E-state index in [4.69, 9.17) is 46.4 Å². The normalized spacial score (nSPS) is 12.2. The molecule has 186 valence electrons. The number of benzene rings is 2. The van der Waals surface area contributed by atoms with Gasteiger partial charge >= 0.3 is 0 Å². The molecular formula is C22H25Cl4N3O4S. The Morgan fingerprint density at radius 2 is 1.53 bits per heavy atom. The van der Waals surface area contributed by atoms with E-state index in [-0.39, 0.29) is 34.6 Å². The zero-order valence-corrected chi connectivity index (χ0v) is 22.7. The van der Waals surface area contributed by atoms with Crippen LogP contribution in [0.4, 0.5) is 5.69 Å². The quantitative estimate of drug-likeness (QED) is 0.436. The molecule has 0 bridgehead atoms. The number of likely N-dealkylation sites (N-methyl/N-ethyl adjacent to an activating group) is 1. The van der Waals surface area contributed by atoms with Crippen LogP contribution in [0.2, 0.25) is 20.1 Å². The maximum atomic E-state index is 13.6. The second kappa shape index (κ2) is 12.3. The highest BCUT2D eigenvalue weighted by atomic mass is 35.5. The summed E-state index contributed by atoms with van der Waals surface area (Å²) >= 11 is 25.0. The summed E-state index contributed by atoms with van der Waals surface area (Å²) in [5.74, 6) is -1.02. The zero-order valence-electron chi connectivity index (χ0n) is 18.8. The van der Waals surface area contributed by atoms with Crippen LogP contribution in [0, 0.1) is 0 Å². The monoisotopic (exact) mass is 567 g/mol. The van der Waals surface area contributed by atoms with Crippen LogP contribution in [-0.2, 0) is 26.2 Å². The molecule has 2 rings (SSSR count). The summed E-state index contributed by atoms with van der Waals surface area (Å²) in [5.41, 5.74) is 0.487. The number of anilines is 1. The Labute approximate surface area is 220 Å². The summed E-state index contributed by atoms with van der Waals surface area (Å²) in [5, 5.41) is 3.46. The van der Waals surface area contributed by atoms with Gasteiger partial charge in [0.15, 0.2) is 0 Å². The Morgan fingerprint density at radius 3 is 2.06 bits per heavy atom. The number of carbonyl (C=O) groups excluding carboxylic acids is 2. The fourth-order valence-corrected chi connectivity index (χ4v) is 5.16. The van der Waals surface area contributed by atoms with Crippen molar-refractivity contribution in [1.29, 1.82) is 0 Å². The molecule has 2 aromatic carbocycles. The van der Waals surface area contributed by atoms with E-state index in [0.717, 1.165) is 10.6 Å². The van der Waals surface area contributed by atoms with Crippen molar-refractivity contribution >= 4 is 73.9 Å². The van der Waals surface area contributed by atoms with Gasteiger partial charge in [0.2, 0.25) is 21.8 Å². The van der Waals surface area contributed by atoms with Gasteiger partial charge in [-0.1, -0.05) is 65.5 Å². The van der Waals surface area contributed by atoms with Crippen LogP contribution >= 0.6 is 46.4 Å². The van der Waals surface area contributed by atoms with E-state index in [9.17, 15) is 18.0 Å². The third-order valence-corrected chi connectivity index (χ3v) is 7.65. The van der Waals surface area contributed by atoms with Gasteiger partial charge in [-0.05, 0) is 37.6 Å². The number of nitrogens with zero attached hydrogens (tertiary/aromatic N) is 2. The van der Waals surface area contributed by atoms with Gasteiger partial charge in [0, 0.05) is 28.7 Å². The SMILES string of the molecule is CCNC(=O)[C@H](CC)N(Cc1c(Cl)cccc1Cl)C(=O)CN(c1cccc(Cl)c1Cl)S(C)(=O)=O. The third-order valence-electron chi connectivity index (χ3n) is 5.01. The molecule has 0 heterocycles. The van der Waals surface area contributed by atoms with Crippen LogP contribution < -0.4 is 9.62 Å². The van der Waals surface area contributed by atoms with E-state index in [2.05, 4.69) is 5.32 Å². The van der Waals surface area contributed by atoms with Crippen LogP contribution in [0.15, 0.2) is 36.4 Å². The molecule has 0 fully saturated rings. The van der Waals surface area contributed by atoms with Gasteiger partial charge in [0.05, 0.1) is 22.0 Å². The highest BCUT2D eigenvalue weighted by Crippen LogP contribution is 2.34. The molecule has 34 heavy (non-hydrogen) atoms. The van der Waals surface area contributed by atoms with Gasteiger partial charge in [-0.3, -0.25) is 13.9 Å². The Hall–Kier alpha value is -1.71. The van der Waals surface area contributed by atoms with E-state index >= 15 is 0 Å². The van der Waals surface area contributed by atoms with E-state index in [1.165, 1.54) is 23.1 Å². The molecule has 12 heteroatoms. The second-order valence-electron chi connectivity index (χ2n) is 7.38. The van der Waals surface area contributed by atoms with Crippen molar-refractivity contribution in [2.45, 2.75) is 32.9 Å². The van der Waals surface area contributed by atoms with Gasteiger partial charge in [0.25, 0.3) is 0 Å². The Bertz CT molecular complexity index is 1140.